The van der Waals surface area contributed by atoms with Gasteiger partial charge in [-0.05, 0) is 37.1 Å². The van der Waals surface area contributed by atoms with Crippen LogP contribution in [0, 0.1) is 12.7 Å². The first-order chi connectivity index (χ1) is 7.00. The molecule has 1 N–H and O–H groups in total. The van der Waals surface area contributed by atoms with Crippen molar-refractivity contribution in [1.29, 1.82) is 0 Å². The first-order valence-corrected chi connectivity index (χ1v) is 5.65. The quantitative estimate of drug-likeness (QED) is 0.861. The molecule has 0 fully saturated rings. The van der Waals surface area contributed by atoms with Crippen molar-refractivity contribution in [3.05, 3.63) is 35.1 Å². The minimum atomic E-state index is -0.839. The summed E-state index contributed by atoms with van der Waals surface area (Å²) in [5.74, 6) is -0.593. The molecule has 2 nitrogen and oxygen atoms in total. The molecular weight excluding hydrogens is 215 g/mol. The number of hydrogen-bond donors (Lipinski definition) is 1. The van der Waals surface area contributed by atoms with Crippen LogP contribution in [0.3, 0.4) is 0 Å². The van der Waals surface area contributed by atoms with Crippen LogP contribution in [0.2, 0.25) is 0 Å². The standard InChI is InChI=1S/C11H13FO2S/c1-7-3-4-10(12)5-9(7)6-15-8(2)11(13)14/h3-5,8H,6H2,1-2H3,(H,13,14). The van der Waals surface area contributed by atoms with E-state index in [0.717, 1.165) is 11.1 Å². The minimum Gasteiger partial charge on any atom is -0.480 e. The van der Waals surface area contributed by atoms with E-state index in [4.69, 9.17) is 5.11 Å². The van der Waals surface area contributed by atoms with Gasteiger partial charge in [-0.25, -0.2) is 4.39 Å². The van der Waals surface area contributed by atoms with Crippen LogP contribution in [0.4, 0.5) is 4.39 Å². The molecule has 1 aromatic carbocycles. The lowest BCUT2D eigenvalue weighted by Crippen LogP contribution is -2.11. The van der Waals surface area contributed by atoms with E-state index >= 15 is 0 Å². The van der Waals surface area contributed by atoms with Crippen molar-refractivity contribution in [2.24, 2.45) is 0 Å². The number of carboxylic acid groups (broad SMARTS) is 1. The molecule has 1 aromatic rings. The van der Waals surface area contributed by atoms with E-state index in [1.165, 1.54) is 23.9 Å². The molecule has 4 heteroatoms. The Kier molecular flexibility index (Phi) is 4.15. The molecule has 0 aliphatic rings. The van der Waals surface area contributed by atoms with Crippen molar-refractivity contribution < 1.29 is 14.3 Å². The van der Waals surface area contributed by atoms with Crippen molar-refractivity contribution in [3.8, 4) is 0 Å². The third kappa shape index (κ3) is 3.55. The molecule has 0 saturated carbocycles. The van der Waals surface area contributed by atoms with Crippen LogP contribution in [0.25, 0.3) is 0 Å². The molecule has 0 amide bonds. The molecular formula is C11H13FO2S. The zero-order chi connectivity index (χ0) is 11.4. The molecule has 82 valence electrons. The molecule has 0 bridgehead atoms. The molecule has 0 aliphatic carbocycles. The maximum Gasteiger partial charge on any atom is 0.316 e. The summed E-state index contributed by atoms with van der Waals surface area (Å²) in [6.45, 7) is 3.52. The zero-order valence-corrected chi connectivity index (χ0v) is 9.47. The number of thioether (sulfide) groups is 1. The summed E-state index contributed by atoms with van der Waals surface area (Å²) in [6, 6.07) is 4.57. The van der Waals surface area contributed by atoms with Gasteiger partial charge in [0.25, 0.3) is 0 Å². The van der Waals surface area contributed by atoms with Crippen LogP contribution < -0.4 is 0 Å². The molecule has 0 aromatic heterocycles. The van der Waals surface area contributed by atoms with Gasteiger partial charge in [0.1, 0.15) is 5.82 Å². The number of carbonyl (C=O) groups is 1. The van der Waals surface area contributed by atoms with E-state index in [-0.39, 0.29) is 5.82 Å². The lowest BCUT2D eigenvalue weighted by Gasteiger charge is -2.08. The van der Waals surface area contributed by atoms with E-state index < -0.39 is 11.2 Å². The smallest absolute Gasteiger partial charge is 0.316 e. The van der Waals surface area contributed by atoms with Gasteiger partial charge in [0.05, 0.1) is 5.25 Å². The van der Waals surface area contributed by atoms with Crippen molar-refractivity contribution in [2.75, 3.05) is 0 Å². The summed E-state index contributed by atoms with van der Waals surface area (Å²) >= 11 is 1.29. The van der Waals surface area contributed by atoms with Crippen molar-refractivity contribution >= 4 is 17.7 Å². The topological polar surface area (TPSA) is 37.3 Å². The molecule has 1 unspecified atom stereocenters. The van der Waals surface area contributed by atoms with Crippen LogP contribution in [0.15, 0.2) is 18.2 Å². The minimum absolute atomic E-state index is 0.279. The second kappa shape index (κ2) is 5.16. The van der Waals surface area contributed by atoms with Gasteiger partial charge in [0.15, 0.2) is 0 Å². The fourth-order valence-electron chi connectivity index (χ4n) is 1.08. The lowest BCUT2D eigenvalue weighted by molar-refractivity contribution is -0.136. The predicted molar refractivity (Wildman–Crippen MR) is 59.5 cm³/mol. The van der Waals surface area contributed by atoms with E-state index in [1.54, 1.807) is 13.0 Å². The predicted octanol–water partition coefficient (Wildman–Crippen LogP) is 2.84. The molecule has 0 spiro atoms. The Morgan fingerprint density at radius 2 is 2.27 bits per heavy atom. The number of halogens is 1. The number of benzene rings is 1. The Morgan fingerprint density at radius 1 is 1.60 bits per heavy atom. The summed E-state index contributed by atoms with van der Waals surface area (Å²) < 4.78 is 12.9. The number of aryl methyl sites for hydroxylation is 1. The Bertz CT molecular complexity index is 366. The molecule has 15 heavy (non-hydrogen) atoms. The molecule has 1 rings (SSSR count). The number of aliphatic carboxylic acids is 1. The average molecular weight is 228 g/mol. The van der Waals surface area contributed by atoms with Crippen molar-refractivity contribution in [3.63, 3.8) is 0 Å². The Morgan fingerprint density at radius 3 is 2.87 bits per heavy atom. The van der Waals surface area contributed by atoms with Crippen LogP contribution in [0.1, 0.15) is 18.1 Å². The van der Waals surface area contributed by atoms with Gasteiger partial charge in [-0.1, -0.05) is 6.07 Å². The summed E-state index contributed by atoms with van der Waals surface area (Å²) in [7, 11) is 0. The van der Waals surface area contributed by atoms with Gasteiger partial charge in [0.2, 0.25) is 0 Å². The highest BCUT2D eigenvalue weighted by Crippen LogP contribution is 2.21. The fourth-order valence-corrected chi connectivity index (χ4v) is 1.96. The van der Waals surface area contributed by atoms with Crippen molar-refractivity contribution in [2.45, 2.75) is 24.9 Å². The van der Waals surface area contributed by atoms with Gasteiger partial charge in [-0.15, -0.1) is 11.8 Å². The normalized spacial score (nSPS) is 12.5. The van der Waals surface area contributed by atoms with Gasteiger partial charge in [0, 0.05) is 5.75 Å². The van der Waals surface area contributed by atoms with E-state index in [0.29, 0.717) is 5.75 Å². The summed E-state index contributed by atoms with van der Waals surface area (Å²) in [5.41, 5.74) is 1.84. The van der Waals surface area contributed by atoms with E-state index in [9.17, 15) is 9.18 Å². The zero-order valence-electron chi connectivity index (χ0n) is 8.66. The van der Waals surface area contributed by atoms with Crippen LogP contribution in [-0.4, -0.2) is 16.3 Å². The average Bonchev–Trinajstić information content (AvgIpc) is 2.18. The van der Waals surface area contributed by atoms with Crippen LogP contribution in [-0.2, 0) is 10.5 Å². The second-order valence-electron chi connectivity index (χ2n) is 3.36. The highest BCUT2D eigenvalue weighted by Gasteiger charge is 2.11. The maximum atomic E-state index is 12.9. The molecule has 0 heterocycles. The molecule has 0 radical (unpaired) electrons. The second-order valence-corrected chi connectivity index (χ2v) is 4.69. The highest BCUT2D eigenvalue weighted by atomic mass is 32.2. The van der Waals surface area contributed by atoms with E-state index in [1.807, 2.05) is 6.92 Å². The lowest BCUT2D eigenvalue weighted by atomic mass is 10.1. The number of rotatable bonds is 4. The molecule has 1 atom stereocenters. The fraction of sp³-hybridized carbons (Fsp3) is 0.364. The summed E-state index contributed by atoms with van der Waals surface area (Å²) in [4.78, 5) is 10.6. The largest absolute Gasteiger partial charge is 0.480 e. The monoisotopic (exact) mass is 228 g/mol. The Labute approximate surface area is 92.5 Å². The van der Waals surface area contributed by atoms with Crippen molar-refractivity contribution in [1.82, 2.24) is 0 Å². The summed E-state index contributed by atoms with van der Waals surface area (Å²) in [6.07, 6.45) is 0. The number of hydrogen-bond acceptors (Lipinski definition) is 2. The molecule has 0 saturated heterocycles. The highest BCUT2D eigenvalue weighted by molar-refractivity contribution is 7.99. The van der Waals surface area contributed by atoms with E-state index in [2.05, 4.69) is 0 Å². The first kappa shape index (κ1) is 12.0. The number of carboxylic acids is 1. The summed E-state index contributed by atoms with van der Waals surface area (Å²) in [5, 5.41) is 8.22. The van der Waals surface area contributed by atoms with Gasteiger partial charge >= 0.3 is 5.97 Å². The Balaban J connectivity index is 2.65. The van der Waals surface area contributed by atoms with Crippen LogP contribution in [0.5, 0.6) is 0 Å². The maximum absolute atomic E-state index is 12.9. The van der Waals surface area contributed by atoms with Gasteiger partial charge < -0.3 is 5.11 Å². The SMILES string of the molecule is Cc1ccc(F)cc1CSC(C)C(=O)O. The van der Waals surface area contributed by atoms with Crippen LogP contribution >= 0.6 is 11.8 Å². The third-order valence-electron chi connectivity index (χ3n) is 2.15. The van der Waals surface area contributed by atoms with Gasteiger partial charge in [-0.3, -0.25) is 4.79 Å². The van der Waals surface area contributed by atoms with Gasteiger partial charge in [-0.2, -0.15) is 0 Å². The first-order valence-electron chi connectivity index (χ1n) is 4.60. The molecule has 0 aliphatic heterocycles. The third-order valence-corrected chi connectivity index (χ3v) is 3.33. The Hall–Kier alpha value is -1.03.